The zero-order chi connectivity index (χ0) is 13.9. The number of piperidine rings is 1. The molecule has 0 amide bonds. The van der Waals surface area contributed by atoms with E-state index in [1.54, 1.807) is 0 Å². The largest absolute Gasteiger partial charge is 0.316 e. The van der Waals surface area contributed by atoms with Crippen molar-refractivity contribution >= 4 is 15.9 Å². The van der Waals surface area contributed by atoms with E-state index in [0.29, 0.717) is 11.8 Å². The van der Waals surface area contributed by atoms with E-state index in [9.17, 15) is 0 Å². The van der Waals surface area contributed by atoms with Gasteiger partial charge in [0.25, 0.3) is 0 Å². The van der Waals surface area contributed by atoms with Crippen LogP contribution in [0.25, 0.3) is 0 Å². The number of rotatable bonds is 2. The zero-order valence-corrected chi connectivity index (χ0v) is 13.2. The molecule has 3 rings (SSSR count). The number of hydrogen-bond donors (Lipinski definition) is 1. The Kier molecular flexibility index (Phi) is 4.18. The average molecular weight is 331 g/mol. The maximum absolute atomic E-state index is 4.34. The van der Waals surface area contributed by atoms with Gasteiger partial charge < -0.3 is 5.32 Å². The van der Waals surface area contributed by atoms with E-state index >= 15 is 0 Å². The monoisotopic (exact) mass is 330 g/mol. The molecule has 1 aliphatic heterocycles. The molecule has 2 heterocycles. The maximum Gasteiger partial charge on any atom is 0.0305 e. The van der Waals surface area contributed by atoms with Crippen molar-refractivity contribution in [1.29, 1.82) is 0 Å². The van der Waals surface area contributed by atoms with E-state index < -0.39 is 0 Å². The van der Waals surface area contributed by atoms with Gasteiger partial charge >= 0.3 is 0 Å². The molecule has 0 spiro atoms. The second kappa shape index (κ2) is 6.06. The van der Waals surface area contributed by atoms with E-state index in [0.717, 1.165) is 17.6 Å². The van der Waals surface area contributed by atoms with E-state index in [-0.39, 0.29) is 0 Å². The minimum absolute atomic E-state index is 0.518. The van der Waals surface area contributed by atoms with Crippen LogP contribution < -0.4 is 5.32 Å². The van der Waals surface area contributed by atoms with Gasteiger partial charge in [-0.3, -0.25) is 4.98 Å². The fourth-order valence-corrected chi connectivity index (χ4v) is 3.60. The Morgan fingerprint density at radius 3 is 2.95 bits per heavy atom. The number of halogens is 1. The Bertz CT molecular complexity index is 597. The van der Waals surface area contributed by atoms with Gasteiger partial charge in [-0.25, -0.2) is 0 Å². The van der Waals surface area contributed by atoms with Gasteiger partial charge in [-0.05, 0) is 60.7 Å². The summed E-state index contributed by atoms with van der Waals surface area (Å²) in [6, 6.07) is 10.8. The normalized spacial score (nSPS) is 22.7. The average Bonchev–Trinajstić information content (AvgIpc) is 2.48. The first-order valence-electron chi connectivity index (χ1n) is 7.12. The molecule has 1 aliphatic rings. The van der Waals surface area contributed by atoms with Crippen molar-refractivity contribution in [3.63, 3.8) is 0 Å². The van der Waals surface area contributed by atoms with Gasteiger partial charge in [0.15, 0.2) is 0 Å². The summed E-state index contributed by atoms with van der Waals surface area (Å²) in [4.78, 5) is 4.34. The van der Waals surface area contributed by atoms with Gasteiger partial charge in [-0.1, -0.05) is 28.1 Å². The van der Waals surface area contributed by atoms with Crippen LogP contribution in [-0.2, 0) is 0 Å². The highest BCUT2D eigenvalue weighted by Gasteiger charge is 2.28. The van der Waals surface area contributed by atoms with Gasteiger partial charge in [0.2, 0.25) is 0 Å². The van der Waals surface area contributed by atoms with Gasteiger partial charge in [0, 0.05) is 29.3 Å². The fraction of sp³-hybridized carbons (Fsp3) is 0.353. The van der Waals surface area contributed by atoms with Gasteiger partial charge in [0.1, 0.15) is 0 Å². The number of aromatic nitrogens is 1. The van der Waals surface area contributed by atoms with Gasteiger partial charge in [-0.2, -0.15) is 0 Å². The first-order chi connectivity index (χ1) is 9.75. The van der Waals surface area contributed by atoms with E-state index in [4.69, 9.17) is 0 Å². The lowest BCUT2D eigenvalue weighted by atomic mass is 9.77. The van der Waals surface area contributed by atoms with Crippen molar-refractivity contribution in [3.8, 4) is 0 Å². The zero-order valence-electron chi connectivity index (χ0n) is 11.6. The van der Waals surface area contributed by atoms with E-state index in [1.165, 1.54) is 23.1 Å². The van der Waals surface area contributed by atoms with Crippen molar-refractivity contribution in [2.45, 2.75) is 25.2 Å². The molecule has 3 heteroatoms. The van der Waals surface area contributed by atoms with Crippen LogP contribution >= 0.6 is 15.9 Å². The molecule has 2 unspecified atom stereocenters. The molecule has 20 heavy (non-hydrogen) atoms. The summed E-state index contributed by atoms with van der Waals surface area (Å²) in [5.74, 6) is 1.07. The summed E-state index contributed by atoms with van der Waals surface area (Å²) in [7, 11) is 0. The van der Waals surface area contributed by atoms with Crippen LogP contribution in [0, 0.1) is 6.92 Å². The molecule has 1 N–H and O–H groups in total. The van der Waals surface area contributed by atoms with Crippen molar-refractivity contribution in [3.05, 3.63) is 63.9 Å². The summed E-state index contributed by atoms with van der Waals surface area (Å²) in [6.45, 7) is 4.32. The second-order valence-electron chi connectivity index (χ2n) is 5.49. The quantitative estimate of drug-likeness (QED) is 0.899. The Balaban J connectivity index is 1.98. The highest BCUT2D eigenvalue weighted by atomic mass is 79.9. The van der Waals surface area contributed by atoms with Crippen molar-refractivity contribution in [2.75, 3.05) is 13.1 Å². The third-order valence-electron chi connectivity index (χ3n) is 4.24. The minimum Gasteiger partial charge on any atom is -0.316 e. The smallest absolute Gasteiger partial charge is 0.0305 e. The van der Waals surface area contributed by atoms with Crippen LogP contribution in [0.2, 0.25) is 0 Å². The van der Waals surface area contributed by atoms with Gasteiger partial charge in [0.05, 0.1) is 0 Å². The molecule has 2 nitrogen and oxygen atoms in total. The lowest BCUT2D eigenvalue weighted by Gasteiger charge is -2.33. The number of pyridine rings is 1. The van der Waals surface area contributed by atoms with Crippen LogP contribution in [0.3, 0.4) is 0 Å². The Hall–Kier alpha value is -1.19. The van der Waals surface area contributed by atoms with Crippen LogP contribution in [0.1, 0.15) is 34.9 Å². The molecule has 0 bridgehead atoms. The molecular formula is C17H19BrN2. The van der Waals surface area contributed by atoms with Crippen molar-refractivity contribution < 1.29 is 0 Å². The minimum atomic E-state index is 0.518. The summed E-state index contributed by atoms with van der Waals surface area (Å²) in [5, 5.41) is 3.54. The Morgan fingerprint density at radius 1 is 1.25 bits per heavy atom. The Labute approximate surface area is 128 Å². The fourth-order valence-electron chi connectivity index (χ4n) is 3.18. The van der Waals surface area contributed by atoms with Crippen LogP contribution in [0.4, 0.5) is 0 Å². The van der Waals surface area contributed by atoms with Crippen LogP contribution in [0.15, 0.2) is 47.2 Å². The number of aryl methyl sites for hydroxylation is 1. The molecule has 2 atom stereocenters. The molecule has 0 radical (unpaired) electrons. The molecule has 104 valence electrons. The van der Waals surface area contributed by atoms with Crippen LogP contribution in [-0.4, -0.2) is 18.1 Å². The van der Waals surface area contributed by atoms with Crippen molar-refractivity contribution in [1.82, 2.24) is 10.3 Å². The Morgan fingerprint density at radius 2 is 2.15 bits per heavy atom. The third-order valence-corrected chi connectivity index (χ3v) is 4.73. The number of benzene rings is 1. The summed E-state index contributed by atoms with van der Waals surface area (Å²) in [5.41, 5.74) is 4.16. The maximum atomic E-state index is 4.34. The van der Waals surface area contributed by atoms with E-state index in [1.807, 2.05) is 6.20 Å². The summed E-state index contributed by atoms with van der Waals surface area (Å²) >= 11 is 3.59. The predicted molar refractivity (Wildman–Crippen MR) is 86.1 cm³/mol. The molecule has 1 aromatic carbocycles. The molecule has 1 fully saturated rings. The summed E-state index contributed by atoms with van der Waals surface area (Å²) < 4.78 is 1.15. The topological polar surface area (TPSA) is 24.9 Å². The number of hydrogen-bond acceptors (Lipinski definition) is 2. The predicted octanol–water partition coefficient (Wildman–Crippen LogP) is 4.01. The molecule has 0 saturated carbocycles. The molecular weight excluding hydrogens is 312 g/mol. The first-order valence-corrected chi connectivity index (χ1v) is 7.91. The SMILES string of the molecule is Cc1ccncc1C1CCNCC1c1cccc(Br)c1. The molecule has 1 saturated heterocycles. The second-order valence-corrected chi connectivity index (χ2v) is 6.41. The van der Waals surface area contributed by atoms with Crippen molar-refractivity contribution in [2.24, 2.45) is 0 Å². The lowest BCUT2D eigenvalue weighted by Crippen LogP contribution is -2.34. The highest BCUT2D eigenvalue weighted by Crippen LogP contribution is 2.38. The molecule has 0 aliphatic carbocycles. The molecule has 2 aromatic rings. The van der Waals surface area contributed by atoms with E-state index in [2.05, 4.69) is 69.7 Å². The summed E-state index contributed by atoms with van der Waals surface area (Å²) in [6.07, 6.45) is 5.11. The highest BCUT2D eigenvalue weighted by molar-refractivity contribution is 9.10. The molecule has 1 aromatic heterocycles. The lowest BCUT2D eigenvalue weighted by molar-refractivity contribution is 0.402. The standard InChI is InChI=1S/C17H19BrN2/c1-12-5-7-19-10-16(12)15-6-8-20-11-17(15)13-3-2-4-14(18)9-13/h2-5,7,9-10,15,17,20H,6,8,11H2,1H3. The van der Waals surface area contributed by atoms with Crippen LogP contribution in [0.5, 0.6) is 0 Å². The number of nitrogens with one attached hydrogen (secondary N) is 1. The first kappa shape index (κ1) is 13.8. The third kappa shape index (κ3) is 2.79. The van der Waals surface area contributed by atoms with Gasteiger partial charge in [-0.15, -0.1) is 0 Å². The number of nitrogens with zero attached hydrogens (tertiary/aromatic N) is 1.